The number of nitrogens with one attached hydrogen (secondary N) is 1. The quantitative estimate of drug-likeness (QED) is 0.918. The molecular weight excluding hydrogens is 276 g/mol. The van der Waals surface area contributed by atoms with Gasteiger partial charge in [0.25, 0.3) is 5.91 Å². The summed E-state index contributed by atoms with van der Waals surface area (Å²) in [5.41, 5.74) is 2.03. The molecule has 0 aliphatic heterocycles. The fourth-order valence-electron chi connectivity index (χ4n) is 2.13. The number of rotatable bonds is 5. The third-order valence-electron chi connectivity index (χ3n) is 3.27. The fraction of sp³-hybridized carbons (Fsp3) is 0.222. The van der Waals surface area contributed by atoms with E-state index in [9.17, 15) is 4.79 Å². The summed E-state index contributed by atoms with van der Waals surface area (Å²) in [6, 6.07) is 16.2. The highest BCUT2D eigenvalue weighted by Crippen LogP contribution is 2.17. The lowest BCUT2D eigenvalue weighted by molar-refractivity contribution is 0.0939. The van der Waals surface area contributed by atoms with E-state index in [2.05, 4.69) is 11.4 Å². The number of carbonyl (C=O) groups is 1. The highest BCUT2D eigenvalue weighted by Gasteiger charge is 2.12. The van der Waals surface area contributed by atoms with Crippen molar-refractivity contribution >= 4 is 5.91 Å². The molecule has 0 radical (unpaired) electrons. The number of nitrogens with zero attached hydrogens (tertiary/aromatic N) is 1. The highest BCUT2D eigenvalue weighted by atomic mass is 16.5. The van der Waals surface area contributed by atoms with Gasteiger partial charge in [0.1, 0.15) is 5.75 Å². The molecule has 0 bridgehead atoms. The molecule has 2 aromatic rings. The van der Waals surface area contributed by atoms with E-state index in [0.29, 0.717) is 23.5 Å². The molecule has 112 valence electrons. The van der Waals surface area contributed by atoms with Crippen LogP contribution in [0.4, 0.5) is 0 Å². The Kier molecular flexibility index (Phi) is 5.16. The molecule has 0 aliphatic rings. The van der Waals surface area contributed by atoms with Crippen LogP contribution >= 0.6 is 0 Å². The number of nitriles is 1. The zero-order valence-electron chi connectivity index (χ0n) is 12.7. The van der Waals surface area contributed by atoms with Gasteiger partial charge >= 0.3 is 0 Å². The van der Waals surface area contributed by atoms with Crippen LogP contribution in [0.15, 0.2) is 48.5 Å². The Morgan fingerprint density at radius 1 is 1.27 bits per heavy atom. The standard InChI is InChI=1S/C18H18N2O2/c1-3-22-17-9-5-8-16(11-17)18(21)20-13(2)15-7-4-6-14(10-15)12-19/h4-11,13H,3H2,1-2H3,(H,20,21)/t13-/m0/s1. The lowest BCUT2D eigenvalue weighted by Crippen LogP contribution is -2.26. The van der Waals surface area contributed by atoms with Crippen molar-refractivity contribution in [2.45, 2.75) is 19.9 Å². The van der Waals surface area contributed by atoms with Gasteiger partial charge in [0, 0.05) is 5.56 Å². The molecule has 1 amide bonds. The molecule has 1 N–H and O–H groups in total. The smallest absolute Gasteiger partial charge is 0.251 e. The molecule has 4 heteroatoms. The molecule has 1 atom stereocenters. The first-order valence-corrected chi connectivity index (χ1v) is 7.18. The number of hydrogen-bond acceptors (Lipinski definition) is 3. The average molecular weight is 294 g/mol. The molecule has 22 heavy (non-hydrogen) atoms. The third-order valence-corrected chi connectivity index (χ3v) is 3.27. The zero-order valence-corrected chi connectivity index (χ0v) is 12.7. The predicted molar refractivity (Wildman–Crippen MR) is 84.6 cm³/mol. The molecule has 0 aromatic heterocycles. The second-order valence-corrected chi connectivity index (χ2v) is 4.89. The maximum absolute atomic E-state index is 12.3. The van der Waals surface area contributed by atoms with E-state index in [4.69, 9.17) is 10.00 Å². The number of ether oxygens (including phenoxy) is 1. The van der Waals surface area contributed by atoms with Crippen LogP contribution in [0, 0.1) is 11.3 Å². The van der Waals surface area contributed by atoms with Crippen molar-refractivity contribution in [1.29, 1.82) is 5.26 Å². The molecular formula is C18H18N2O2. The molecule has 4 nitrogen and oxygen atoms in total. The maximum atomic E-state index is 12.3. The summed E-state index contributed by atoms with van der Waals surface area (Å²) in [5, 5.41) is 11.9. The Labute approximate surface area is 130 Å². The second-order valence-electron chi connectivity index (χ2n) is 4.89. The van der Waals surface area contributed by atoms with Crippen LogP contribution in [0.2, 0.25) is 0 Å². The van der Waals surface area contributed by atoms with Gasteiger partial charge in [-0.25, -0.2) is 0 Å². The van der Waals surface area contributed by atoms with Gasteiger partial charge in [-0.15, -0.1) is 0 Å². The molecule has 0 saturated carbocycles. The lowest BCUT2D eigenvalue weighted by atomic mass is 10.1. The summed E-state index contributed by atoms with van der Waals surface area (Å²) in [6.45, 7) is 4.35. The first-order valence-electron chi connectivity index (χ1n) is 7.18. The van der Waals surface area contributed by atoms with Crippen molar-refractivity contribution in [3.8, 4) is 11.8 Å². The minimum Gasteiger partial charge on any atom is -0.494 e. The zero-order chi connectivity index (χ0) is 15.9. The van der Waals surface area contributed by atoms with Crippen LogP contribution in [0.25, 0.3) is 0 Å². The van der Waals surface area contributed by atoms with Gasteiger partial charge < -0.3 is 10.1 Å². The minimum absolute atomic E-state index is 0.170. The Balaban J connectivity index is 2.10. The molecule has 0 spiro atoms. The minimum atomic E-state index is -0.184. The van der Waals surface area contributed by atoms with E-state index in [-0.39, 0.29) is 11.9 Å². The normalized spacial score (nSPS) is 11.3. The van der Waals surface area contributed by atoms with Gasteiger partial charge in [-0.05, 0) is 49.7 Å². The second kappa shape index (κ2) is 7.28. The third kappa shape index (κ3) is 3.86. The highest BCUT2D eigenvalue weighted by molar-refractivity contribution is 5.94. The number of amides is 1. The summed E-state index contributed by atoms with van der Waals surface area (Å²) in [5.74, 6) is 0.505. The van der Waals surface area contributed by atoms with Crippen molar-refractivity contribution < 1.29 is 9.53 Å². The number of benzene rings is 2. The van der Waals surface area contributed by atoms with Gasteiger partial charge in [0.15, 0.2) is 0 Å². The largest absolute Gasteiger partial charge is 0.494 e. The first kappa shape index (κ1) is 15.6. The van der Waals surface area contributed by atoms with E-state index in [1.165, 1.54) is 0 Å². The molecule has 0 fully saturated rings. The van der Waals surface area contributed by atoms with Crippen LogP contribution in [0.3, 0.4) is 0 Å². The van der Waals surface area contributed by atoms with Crippen molar-refractivity contribution in [3.05, 3.63) is 65.2 Å². The van der Waals surface area contributed by atoms with Crippen LogP contribution in [0.1, 0.15) is 41.4 Å². The van der Waals surface area contributed by atoms with Crippen molar-refractivity contribution in [2.75, 3.05) is 6.61 Å². The monoisotopic (exact) mass is 294 g/mol. The summed E-state index contributed by atoms with van der Waals surface area (Å²) in [4.78, 5) is 12.3. The van der Waals surface area contributed by atoms with Crippen molar-refractivity contribution in [2.24, 2.45) is 0 Å². The Hall–Kier alpha value is -2.80. The predicted octanol–water partition coefficient (Wildman–Crippen LogP) is 3.45. The van der Waals surface area contributed by atoms with E-state index in [1.807, 2.05) is 32.0 Å². The Morgan fingerprint density at radius 2 is 2.05 bits per heavy atom. The van der Waals surface area contributed by atoms with Crippen molar-refractivity contribution in [1.82, 2.24) is 5.32 Å². The van der Waals surface area contributed by atoms with Gasteiger partial charge in [-0.3, -0.25) is 4.79 Å². The van der Waals surface area contributed by atoms with E-state index in [0.717, 1.165) is 5.56 Å². The Morgan fingerprint density at radius 3 is 2.77 bits per heavy atom. The van der Waals surface area contributed by atoms with Crippen LogP contribution in [-0.2, 0) is 0 Å². The molecule has 0 unspecified atom stereocenters. The molecule has 2 aromatic carbocycles. The number of hydrogen-bond donors (Lipinski definition) is 1. The van der Waals surface area contributed by atoms with Gasteiger partial charge in [-0.1, -0.05) is 18.2 Å². The molecule has 0 aliphatic carbocycles. The summed E-state index contributed by atoms with van der Waals surface area (Å²) < 4.78 is 5.40. The first-order chi connectivity index (χ1) is 10.6. The van der Waals surface area contributed by atoms with E-state index < -0.39 is 0 Å². The molecule has 2 rings (SSSR count). The summed E-state index contributed by atoms with van der Waals surface area (Å²) in [7, 11) is 0. The lowest BCUT2D eigenvalue weighted by Gasteiger charge is -2.15. The fourth-order valence-corrected chi connectivity index (χ4v) is 2.13. The van der Waals surface area contributed by atoms with Crippen LogP contribution < -0.4 is 10.1 Å². The van der Waals surface area contributed by atoms with E-state index >= 15 is 0 Å². The van der Waals surface area contributed by atoms with Crippen LogP contribution in [-0.4, -0.2) is 12.5 Å². The Bertz CT molecular complexity index is 704. The SMILES string of the molecule is CCOc1cccc(C(=O)N[C@@H](C)c2cccc(C#N)c2)c1. The summed E-state index contributed by atoms with van der Waals surface area (Å²) >= 11 is 0. The van der Waals surface area contributed by atoms with Crippen molar-refractivity contribution in [3.63, 3.8) is 0 Å². The van der Waals surface area contributed by atoms with E-state index in [1.54, 1.807) is 30.3 Å². The molecule has 0 saturated heterocycles. The topological polar surface area (TPSA) is 62.1 Å². The number of carbonyl (C=O) groups excluding carboxylic acids is 1. The molecule has 0 heterocycles. The average Bonchev–Trinajstić information content (AvgIpc) is 2.55. The van der Waals surface area contributed by atoms with Gasteiger partial charge in [0.2, 0.25) is 0 Å². The van der Waals surface area contributed by atoms with Crippen LogP contribution in [0.5, 0.6) is 5.75 Å². The van der Waals surface area contributed by atoms with Gasteiger partial charge in [-0.2, -0.15) is 5.26 Å². The maximum Gasteiger partial charge on any atom is 0.251 e. The summed E-state index contributed by atoms with van der Waals surface area (Å²) in [6.07, 6.45) is 0. The van der Waals surface area contributed by atoms with Gasteiger partial charge in [0.05, 0.1) is 24.3 Å².